The maximum atomic E-state index is 11.3. The first-order chi connectivity index (χ1) is 23.5. The Labute approximate surface area is 280 Å². The molecule has 0 aliphatic heterocycles. The van der Waals surface area contributed by atoms with Gasteiger partial charge < -0.3 is 9.80 Å². The van der Waals surface area contributed by atoms with Crippen molar-refractivity contribution in [2.75, 3.05) is 16.8 Å². The molecule has 0 spiro atoms. The Bertz CT molecular complexity index is 2080. The average molecular weight is 624 g/mol. The van der Waals surface area contributed by atoms with E-state index in [0.29, 0.717) is 0 Å². The number of nitrogens with zero attached hydrogens (tertiary/aromatic N) is 3. The molecule has 0 heterocycles. The average Bonchev–Trinajstić information content (AvgIpc) is 3.16. The van der Waals surface area contributed by atoms with E-state index in [4.69, 9.17) is 0 Å². The fourth-order valence-electron chi connectivity index (χ4n) is 6.00. The first-order valence-electron chi connectivity index (χ1n) is 15.8. The van der Waals surface area contributed by atoms with Crippen LogP contribution in [0.15, 0.2) is 182 Å². The number of hydrogen-bond acceptors (Lipinski definition) is 4. The van der Waals surface area contributed by atoms with Crippen molar-refractivity contribution in [1.29, 1.82) is 0 Å². The number of hydrogen-bond donors (Lipinski definition) is 0. The molecule has 7 aromatic rings. The van der Waals surface area contributed by atoms with Crippen LogP contribution in [-0.2, 0) is 0 Å². The van der Waals surface area contributed by atoms with Gasteiger partial charge in [-0.1, -0.05) is 115 Å². The zero-order valence-electron chi connectivity index (χ0n) is 26.5. The van der Waals surface area contributed by atoms with E-state index < -0.39 is 0 Å². The highest BCUT2D eigenvalue weighted by molar-refractivity contribution is 5.83. The van der Waals surface area contributed by atoms with Gasteiger partial charge in [0.15, 0.2) is 0 Å². The van der Waals surface area contributed by atoms with Gasteiger partial charge in [-0.15, -0.1) is 0 Å². The number of benzene rings is 7. The third kappa shape index (κ3) is 6.43. The molecule has 0 bridgehead atoms. The molecule has 0 amide bonds. The topological polar surface area (TPSA) is 49.6 Å². The second-order valence-corrected chi connectivity index (χ2v) is 11.6. The van der Waals surface area contributed by atoms with Crippen LogP contribution in [0.2, 0.25) is 0 Å². The van der Waals surface area contributed by atoms with Crippen molar-refractivity contribution in [3.05, 3.63) is 192 Å². The summed E-state index contributed by atoms with van der Waals surface area (Å²) in [5.41, 5.74) is 11.8. The van der Waals surface area contributed by atoms with Crippen molar-refractivity contribution >= 4 is 34.1 Å². The van der Waals surface area contributed by atoms with E-state index >= 15 is 0 Å². The summed E-state index contributed by atoms with van der Waals surface area (Å²) in [6.45, 7) is 0. The van der Waals surface area contributed by atoms with E-state index in [9.17, 15) is 10.1 Å². The van der Waals surface area contributed by atoms with Crippen LogP contribution >= 0.6 is 0 Å². The van der Waals surface area contributed by atoms with Crippen molar-refractivity contribution in [2.24, 2.45) is 0 Å². The lowest BCUT2D eigenvalue weighted by Gasteiger charge is -2.27. The summed E-state index contributed by atoms with van der Waals surface area (Å²) in [4.78, 5) is 15.2. The molecule has 7 rings (SSSR count). The summed E-state index contributed by atoms with van der Waals surface area (Å²) in [5, 5.41) is 11.3. The van der Waals surface area contributed by atoms with Crippen LogP contribution < -0.4 is 9.80 Å². The summed E-state index contributed by atoms with van der Waals surface area (Å²) >= 11 is 0. The molecule has 0 atom stereocenters. The maximum absolute atomic E-state index is 11.3. The lowest BCUT2D eigenvalue weighted by Crippen LogP contribution is -2.10. The second kappa shape index (κ2) is 13.5. The fourth-order valence-corrected chi connectivity index (χ4v) is 6.00. The standard InChI is InChI=1S/C43H33N3O2/c1-44(40-17-10-20-43(31-40)46(47)48)38-25-21-34(22-26-38)35-23-27-39(28-24-35)45(41-18-8-15-36(29-41)32-11-4-2-5-12-32)42-19-9-16-37(30-42)33-13-6-3-7-14-33/h2-31H,1H3. The number of anilines is 5. The second-order valence-electron chi connectivity index (χ2n) is 11.6. The van der Waals surface area contributed by atoms with Crippen LogP contribution in [0.5, 0.6) is 0 Å². The molecule has 0 aromatic heterocycles. The predicted molar refractivity (Wildman–Crippen MR) is 199 cm³/mol. The van der Waals surface area contributed by atoms with E-state index in [1.807, 2.05) is 42.3 Å². The van der Waals surface area contributed by atoms with Gasteiger partial charge >= 0.3 is 0 Å². The molecular formula is C43H33N3O2. The van der Waals surface area contributed by atoms with Crippen LogP contribution in [0.25, 0.3) is 33.4 Å². The van der Waals surface area contributed by atoms with Crippen molar-refractivity contribution in [1.82, 2.24) is 0 Å². The highest BCUT2D eigenvalue weighted by Crippen LogP contribution is 2.39. The zero-order chi connectivity index (χ0) is 32.9. The summed E-state index contributed by atoms with van der Waals surface area (Å²) in [7, 11) is 1.91. The molecular weight excluding hydrogens is 590 g/mol. The van der Waals surface area contributed by atoms with Crippen molar-refractivity contribution in [3.63, 3.8) is 0 Å². The molecule has 0 radical (unpaired) electrons. The fraction of sp³-hybridized carbons (Fsp3) is 0.0233. The van der Waals surface area contributed by atoms with Crippen molar-refractivity contribution < 1.29 is 4.92 Å². The molecule has 0 saturated carbocycles. The Morgan fingerprint density at radius 1 is 0.396 bits per heavy atom. The Morgan fingerprint density at radius 3 is 1.31 bits per heavy atom. The molecule has 0 saturated heterocycles. The Balaban J connectivity index is 1.22. The smallest absolute Gasteiger partial charge is 0.271 e. The van der Waals surface area contributed by atoms with Crippen molar-refractivity contribution in [2.45, 2.75) is 0 Å². The van der Waals surface area contributed by atoms with E-state index in [1.54, 1.807) is 12.1 Å². The summed E-state index contributed by atoms with van der Waals surface area (Å²) in [5.74, 6) is 0. The molecule has 5 heteroatoms. The van der Waals surface area contributed by atoms with E-state index in [1.165, 1.54) is 17.2 Å². The van der Waals surface area contributed by atoms with Crippen molar-refractivity contribution in [3.8, 4) is 33.4 Å². The zero-order valence-corrected chi connectivity index (χ0v) is 26.5. The van der Waals surface area contributed by atoms with Gasteiger partial charge in [-0.2, -0.15) is 0 Å². The number of nitro benzene ring substituents is 1. The quantitative estimate of drug-likeness (QED) is 0.119. The van der Waals surface area contributed by atoms with E-state index in [2.05, 4.69) is 138 Å². The molecule has 48 heavy (non-hydrogen) atoms. The molecule has 7 aromatic carbocycles. The number of nitro groups is 1. The van der Waals surface area contributed by atoms with Gasteiger partial charge in [0.1, 0.15) is 0 Å². The number of rotatable bonds is 9. The van der Waals surface area contributed by atoms with Crippen LogP contribution in [0.1, 0.15) is 0 Å². The van der Waals surface area contributed by atoms with Gasteiger partial charge in [-0.25, -0.2) is 0 Å². The first-order valence-corrected chi connectivity index (χ1v) is 15.8. The summed E-state index contributed by atoms with van der Waals surface area (Å²) < 4.78 is 0. The molecule has 0 fully saturated rings. The minimum atomic E-state index is -0.370. The summed E-state index contributed by atoms with van der Waals surface area (Å²) in [6.07, 6.45) is 0. The predicted octanol–water partition coefficient (Wildman–Crippen LogP) is 11.8. The molecule has 0 unspecified atom stereocenters. The van der Waals surface area contributed by atoms with Gasteiger partial charge in [0, 0.05) is 47.6 Å². The largest absolute Gasteiger partial charge is 0.344 e. The van der Waals surface area contributed by atoms with E-state index in [0.717, 1.165) is 50.7 Å². The van der Waals surface area contributed by atoms with Gasteiger partial charge in [0.25, 0.3) is 5.69 Å². The first kappa shape index (κ1) is 30.2. The minimum absolute atomic E-state index is 0.0729. The van der Waals surface area contributed by atoms with Gasteiger partial charge in [-0.05, 0) is 88.0 Å². The molecule has 0 N–H and O–H groups in total. The maximum Gasteiger partial charge on any atom is 0.271 e. The van der Waals surface area contributed by atoms with Crippen LogP contribution in [0.4, 0.5) is 34.1 Å². The van der Waals surface area contributed by atoms with Crippen LogP contribution in [-0.4, -0.2) is 12.0 Å². The Hall–Kier alpha value is -6.46. The van der Waals surface area contributed by atoms with Gasteiger partial charge in [-0.3, -0.25) is 10.1 Å². The Morgan fingerprint density at radius 2 is 0.812 bits per heavy atom. The monoisotopic (exact) mass is 623 g/mol. The Kier molecular flexibility index (Phi) is 8.49. The van der Waals surface area contributed by atoms with E-state index in [-0.39, 0.29) is 10.6 Å². The molecule has 5 nitrogen and oxygen atoms in total. The summed E-state index contributed by atoms with van der Waals surface area (Å²) in [6, 6.07) is 61.8. The lowest BCUT2D eigenvalue weighted by molar-refractivity contribution is -0.384. The minimum Gasteiger partial charge on any atom is -0.344 e. The highest BCUT2D eigenvalue weighted by atomic mass is 16.6. The van der Waals surface area contributed by atoms with Gasteiger partial charge in [0.05, 0.1) is 4.92 Å². The van der Waals surface area contributed by atoms with Crippen LogP contribution in [0, 0.1) is 10.1 Å². The normalized spacial score (nSPS) is 10.8. The number of non-ortho nitro benzene ring substituents is 1. The lowest BCUT2D eigenvalue weighted by atomic mass is 10.0. The van der Waals surface area contributed by atoms with Crippen LogP contribution in [0.3, 0.4) is 0 Å². The molecule has 232 valence electrons. The highest BCUT2D eigenvalue weighted by Gasteiger charge is 2.15. The molecule has 0 aliphatic carbocycles. The third-order valence-corrected chi connectivity index (χ3v) is 8.56. The SMILES string of the molecule is CN(c1ccc(-c2ccc(N(c3cccc(-c4ccccc4)c3)c3cccc(-c4ccccc4)c3)cc2)cc1)c1cccc([N+](=O)[O-])c1. The molecule has 0 aliphatic rings. The van der Waals surface area contributed by atoms with Gasteiger partial charge in [0.2, 0.25) is 0 Å². The third-order valence-electron chi connectivity index (χ3n) is 8.56.